The molecule has 7 nitrogen and oxygen atoms in total. The largest absolute Gasteiger partial charge is 0.492 e. The van der Waals surface area contributed by atoms with E-state index >= 15 is 0 Å². The van der Waals surface area contributed by atoms with Gasteiger partial charge in [-0.05, 0) is 44.0 Å². The molecule has 2 rings (SSSR count). The fraction of sp³-hybridized carbons (Fsp3) is 0.263. The molecule has 0 heterocycles. The lowest BCUT2D eigenvalue weighted by atomic mass is 10.1. The van der Waals surface area contributed by atoms with Crippen LogP contribution in [0.5, 0.6) is 17.2 Å². The first kappa shape index (κ1) is 24.8. The minimum Gasteiger partial charge on any atom is -0.492 e. The monoisotopic (exact) mass is 569 g/mol. The maximum Gasteiger partial charge on any atom is 0.418 e. The smallest absolute Gasteiger partial charge is 0.418 e. The van der Waals surface area contributed by atoms with E-state index in [0.717, 1.165) is 12.1 Å². The number of methoxy groups -OCH3 is 3. The van der Waals surface area contributed by atoms with Crippen molar-refractivity contribution in [3.63, 3.8) is 0 Å². The van der Waals surface area contributed by atoms with E-state index in [1.807, 2.05) is 0 Å². The zero-order chi connectivity index (χ0) is 23.3. The van der Waals surface area contributed by atoms with Gasteiger partial charge in [-0.25, -0.2) is 4.79 Å². The van der Waals surface area contributed by atoms with Crippen molar-refractivity contribution in [2.75, 3.05) is 33.3 Å². The number of nitrogens with one attached hydrogen (secondary N) is 1. The molecule has 0 aliphatic rings. The maximum absolute atomic E-state index is 13.0. The van der Waals surface area contributed by atoms with Crippen LogP contribution in [0.15, 0.2) is 33.2 Å². The van der Waals surface area contributed by atoms with Crippen LogP contribution in [-0.4, -0.2) is 39.8 Å². The maximum atomic E-state index is 13.0. The van der Waals surface area contributed by atoms with Gasteiger partial charge < -0.3 is 24.3 Å². The van der Waals surface area contributed by atoms with E-state index < -0.39 is 35.9 Å². The fourth-order valence-corrected chi connectivity index (χ4v) is 4.25. The van der Waals surface area contributed by atoms with E-state index in [9.17, 15) is 22.8 Å². The number of hydrogen-bond donors (Lipinski definition) is 1. The SMILES string of the molecule is COc1c(Br)c(C(=O)OCC(=O)Nc2ccccc2C(F)(F)F)c(Br)c(OC)c1OC. The van der Waals surface area contributed by atoms with Crippen molar-refractivity contribution in [3.8, 4) is 17.2 Å². The molecule has 31 heavy (non-hydrogen) atoms. The fourth-order valence-electron chi connectivity index (χ4n) is 2.58. The summed E-state index contributed by atoms with van der Waals surface area (Å²) in [6, 6.07) is 4.44. The number of hydrogen-bond acceptors (Lipinski definition) is 6. The normalized spacial score (nSPS) is 11.0. The number of carbonyl (C=O) groups excluding carboxylic acids is 2. The number of para-hydroxylation sites is 1. The molecule has 0 aromatic heterocycles. The Kier molecular flexibility index (Phi) is 8.18. The Morgan fingerprint density at radius 3 is 1.94 bits per heavy atom. The number of anilines is 1. The van der Waals surface area contributed by atoms with Gasteiger partial charge in [-0.1, -0.05) is 12.1 Å². The summed E-state index contributed by atoms with van der Waals surface area (Å²) < 4.78 is 60.2. The molecule has 0 aliphatic carbocycles. The lowest BCUT2D eigenvalue weighted by Gasteiger charge is -2.18. The Hall–Kier alpha value is -2.47. The average molecular weight is 571 g/mol. The molecular weight excluding hydrogens is 555 g/mol. The van der Waals surface area contributed by atoms with Crippen LogP contribution in [0.1, 0.15) is 15.9 Å². The number of alkyl halides is 3. The average Bonchev–Trinajstić information content (AvgIpc) is 2.71. The summed E-state index contributed by atoms with van der Waals surface area (Å²) in [6.07, 6.45) is -4.66. The minimum atomic E-state index is -4.66. The molecule has 0 unspecified atom stereocenters. The van der Waals surface area contributed by atoms with Crippen molar-refractivity contribution in [1.82, 2.24) is 0 Å². The summed E-state index contributed by atoms with van der Waals surface area (Å²) in [5.74, 6) is -1.44. The number of carbonyl (C=O) groups is 2. The molecule has 168 valence electrons. The number of halogens is 5. The summed E-state index contributed by atoms with van der Waals surface area (Å²) >= 11 is 6.45. The Labute approximate surface area is 192 Å². The van der Waals surface area contributed by atoms with Crippen LogP contribution >= 0.6 is 31.9 Å². The van der Waals surface area contributed by atoms with Gasteiger partial charge in [0.05, 0.1) is 47.1 Å². The first-order chi connectivity index (χ1) is 14.6. The van der Waals surface area contributed by atoms with Crippen LogP contribution in [0, 0.1) is 0 Å². The highest BCUT2D eigenvalue weighted by Gasteiger charge is 2.34. The molecule has 0 bridgehead atoms. The van der Waals surface area contributed by atoms with Gasteiger partial charge in [0.2, 0.25) is 5.75 Å². The van der Waals surface area contributed by atoms with E-state index in [2.05, 4.69) is 37.2 Å². The summed E-state index contributed by atoms with van der Waals surface area (Å²) in [5, 5.41) is 2.09. The van der Waals surface area contributed by atoms with E-state index in [1.54, 1.807) is 0 Å². The van der Waals surface area contributed by atoms with Crippen molar-refractivity contribution in [2.45, 2.75) is 6.18 Å². The first-order valence-corrected chi connectivity index (χ1v) is 9.95. The van der Waals surface area contributed by atoms with Crippen molar-refractivity contribution < 1.29 is 41.7 Å². The molecule has 0 radical (unpaired) electrons. The van der Waals surface area contributed by atoms with Crippen LogP contribution in [0.3, 0.4) is 0 Å². The number of ether oxygens (including phenoxy) is 4. The molecule has 2 aromatic carbocycles. The quantitative estimate of drug-likeness (QED) is 0.469. The van der Waals surface area contributed by atoms with Gasteiger partial charge in [-0.3, -0.25) is 4.79 Å². The molecule has 1 N–H and O–H groups in total. The topological polar surface area (TPSA) is 83.1 Å². The third-order valence-electron chi connectivity index (χ3n) is 3.91. The molecule has 0 atom stereocenters. The second-order valence-electron chi connectivity index (χ2n) is 5.77. The molecule has 0 saturated carbocycles. The van der Waals surface area contributed by atoms with E-state index in [-0.39, 0.29) is 31.8 Å². The summed E-state index contributed by atoms with van der Waals surface area (Å²) in [5.41, 5.74) is -1.55. The van der Waals surface area contributed by atoms with Crippen LogP contribution in [0.4, 0.5) is 18.9 Å². The molecule has 0 spiro atoms. The molecule has 12 heteroatoms. The highest BCUT2D eigenvalue weighted by molar-refractivity contribution is 9.11. The number of esters is 1. The summed E-state index contributed by atoms with van der Waals surface area (Å²) in [4.78, 5) is 24.7. The first-order valence-electron chi connectivity index (χ1n) is 8.36. The Balaban J connectivity index is 2.23. The minimum absolute atomic E-state index is 0.0713. The molecule has 0 aliphatic heterocycles. The molecule has 2 aromatic rings. The van der Waals surface area contributed by atoms with Crippen molar-refractivity contribution in [1.29, 1.82) is 0 Å². The van der Waals surface area contributed by atoms with Gasteiger partial charge in [0, 0.05) is 0 Å². The van der Waals surface area contributed by atoms with Crippen molar-refractivity contribution >= 4 is 49.4 Å². The summed E-state index contributed by atoms with van der Waals surface area (Å²) in [6.45, 7) is -0.833. The Bertz CT molecular complexity index is 966. The summed E-state index contributed by atoms with van der Waals surface area (Å²) in [7, 11) is 4.06. The predicted molar refractivity (Wildman–Crippen MR) is 112 cm³/mol. The second-order valence-corrected chi connectivity index (χ2v) is 7.36. The molecular formula is C19H16Br2F3NO6. The zero-order valence-electron chi connectivity index (χ0n) is 16.4. The lowest BCUT2D eigenvalue weighted by Crippen LogP contribution is -2.23. The van der Waals surface area contributed by atoms with E-state index in [1.165, 1.54) is 33.5 Å². The second kappa shape index (κ2) is 10.2. The third-order valence-corrected chi connectivity index (χ3v) is 5.42. The van der Waals surface area contributed by atoms with Crippen LogP contribution < -0.4 is 19.5 Å². The number of benzene rings is 2. The number of amides is 1. The number of rotatable bonds is 7. The van der Waals surface area contributed by atoms with Gasteiger partial charge in [-0.2, -0.15) is 13.2 Å². The molecule has 0 saturated heterocycles. The van der Waals surface area contributed by atoms with Gasteiger partial charge in [0.25, 0.3) is 5.91 Å². The van der Waals surface area contributed by atoms with Gasteiger partial charge in [-0.15, -0.1) is 0 Å². The van der Waals surface area contributed by atoms with E-state index in [0.29, 0.717) is 0 Å². The van der Waals surface area contributed by atoms with Gasteiger partial charge in [0.1, 0.15) is 0 Å². The third kappa shape index (κ3) is 5.42. The lowest BCUT2D eigenvalue weighted by molar-refractivity contribution is -0.137. The highest BCUT2D eigenvalue weighted by atomic mass is 79.9. The van der Waals surface area contributed by atoms with E-state index in [4.69, 9.17) is 18.9 Å². The molecule has 1 amide bonds. The highest BCUT2D eigenvalue weighted by Crippen LogP contribution is 2.50. The van der Waals surface area contributed by atoms with Crippen molar-refractivity contribution in [2.24, 2.45) is 0 Å². The van der Waals surface area contributed by atoms with Gasteiger partial charge >= 0.3 is 12.1 Å². The molecule has 0 fully saturated rings. The van der Waals surface area contributed by atoms with Crippen LogP contribution in [0.25, 0.3) is 0 Å². The Morgan fingerprint density at radius 1 is 0.935 bits per heavy atom. The van der Waals surface area contributed by atoms with Crippen LogP contribution in [0.2, 0.25) is 0 Å². The zero-order valence-corrected chi connectivity index (χ0v) is 19.5. The Morgan fingerprint density at radius 2 is 1.45 bits per heavy atom. The standard InChI is InChI=1S/C19H16Br2F3NO6/c1-28-15-13(20)12(14(21)16(29-2)17(15)30-3)18(27)31-8-11(26)25-10-7-5-4-6-9(10)19(22,23)24/h4-7H,8H2,1-3H3,(H,25,26). The van der Waals surface area contributed by atoms with Gasteiger partial charge in [0.15, 0.2) is 18.1 Å². The predicted octanol–water partition coefficient (Wildman–Crippen LogP) is 5.05. The van der Waals surface area contributed by atoms with Crippen molar-refractivity contribution in [3.05, 3.63) is 44.3 Å². The van der Waals surface area contributed by atoms with Crippen LogP contribution in [-0.2, 0) is 15.7 Å².